The van der Waals surface area contributed by atoms with Crippen molar-refractivity contribution in [2.24, 2.45) is 0 Å². The second-order valence-corrected chi connectivity index (χ2v) is 5.68. The number of nitrogen functional groups attached to an aromatic ring is 1. The minimum atomic E-state index is 0.644. The van der Waals surface area contributed by atoms with E-state index in [1.165, 1.54) is 6.33 Å². The maximum atomic E-state index is 6.07. The summed E-state index contributed by atoms with van der Waals surface area (Å²) in [5.41, 5.74) is 8.85. The minimum absolute atomic E-state index is 0.644. The highest BCUT2D eigenvalue weighted by atomic mass is 35.5. The molecule has 2 aromatic carbocycles. The quantitative estimate of drug-likeness (QED) is 0.556. The number of hydrogen-bond donors (Lipinski definition) is 2. The van der Waals surface area contributed by atoms with Crippen molar-refractivity contribution >= 4 is 39.8 Å². The van der Waals surface area contributed by atoms with E-state index in [-0.39, 0.29) is 0 Å². The second kappa shape index (κ2) is 5.82. The van der Waals surface area contributed by atoms with Crippen molar-refractivity contribution < 1.29 is 0 Å². The molecule has 0 bridgehead atoms. The van der Waals surface area contributed by atoms with Gasteiger partial charge in [-0.2, -0.15) is 5.10 Å². The summed E-state index contributed by atoms with van der Waals surface area (Å²) in [7, 11) is 0. The van der Waals surface area contributed by atoms with Crippen molar-refractivity contribution in [3.8, 4) is 5.69 Å². The van der Waals surface area contributed by atoms with E-state index in [0.717, 1.165) is 16.8 Å². The zero-order valence-electron chi connectivity index (χ0n) is 12.5. The monoisotopic (exact) mass is 336 g/mol. The average molecular weight is 337 g/mol. The first-order chi connectivity index (χ1) is 11.7. The summed E-state index contributed by atoms with van der Waals surface area (Å²) in [4.78, 5) is 8.67. The number of halogens is 1. The summed E-state index contributed by atoms with van der Waals surface area (Å²) < 4.78 is 1.73. The van der Waals surface area contributed by atoms with Crippen molar-refractivity contribution in [1.29, 1.82) is 0 Å². The number of nitrogens with zero attached hydrogens (tertiary/aromatic N) is 4. The Morgan fingerprint density at radius 1 is 1.04 bits per heavy atom. The molecular formula is C17H13ClN6. The number of hydrogen-bond acceptors (Lipinski definition) is 5. The molecule has 2 heterocycles. The van der Waals surface area contributed by atoms with Crippen molar-refractivity contribution in [3.63, 3.8) is 0 Å². The third-order valence-corrected chi connectivity index (χ3v) is 3.83. The molecule has 6 nitrogen and oxygen atoms in total. The summed E-state index contributed by atoms with van der Waals surface area (Å²) in [6.07, 6.45) is 3.24. The summed E-state index contributed by atoms with van der Waals surface area (Å²) in [6.45, 7) is 0. The van der Waals surface area contributed by atoms with Gasteiger partial charge in [0.25, 0.3) is 0 Å². The van der Waals surface area contributed by atoms with Crippen molar-refractivity contribution in [2.75, 3.05) is 11.1 Å². The molecule has 4 aromatic rings. The van der Waals surface area contributed by atoms with Crippen LogP contribution < -0.4 is 11.1 Å². The lowest BCUT2D eigenvalue weighted by Crippen LogP contribution is -1.99. The van der Waals surface area contributed by atoms with E-state index in [2.05, 4.69) is 20.4 Å². The van der Waals surface area contributed by atoms with Gasteiger partial charge in [-0.3, -0.25) is 0 Å². The zero-order chi connectivity index (χ0) is 16.5. The molecule has 3 N–H and O–H groups in total. The van der Waals surface area contributed by atoms with Gasteiger partial charge in [0.1, 0.15) is 12.1 Å². The summed E-state index contributed by atoms with van der Waals surface area (Å²) in [5, 5.41) is 9.14. The van der Waals surface area contributed by atoms with E-state index >= 15 is 0 Å². The predicted octanol–water partition coefficient (Wildman–Crippen LogP) is 3.79. The molecule has 0 spiro atoms. The first-order valence-corrected chi connectivity index (χ1v) is 7.66. The van der Waals surface area contributed by atoms with Gasteiger partial charge in [-0.05, 0) is 42.5 Å². The van der Waals surface area contributed by atoms with E-state index in [9.17, 15) is 0 Å². The molecule has 4 rings (SSSR count). The lowest BCUT2D eigenvalue weighted by atomic mass is 10.3. The number of nitrogens with two attached hydrogens (primary N) is 1. The lowest BCUT2D eigenvalue weighted by molar-refractivity contribution is 0.895. The van der Waals surface area contributed by atoms with E-state index in [1.54, 1.807) is 10.9 Å². The molecule has 2 aromatic heterocycles. The van der Waals surface area contributed by atoms with E-state index in [0.29, 0.717) is 22.2 Å². The Morgan fingerprint density at radius 3 is 2.67 bits per heavy atom. The molecule has 24 heavy (non-hydrogen) atoms. The molecule has 0 atom stereocenters. The molecule has 0 saturated heterocycles. The molecular weight excluding hydrogens is 324 g/mol. The van der Waals surface area contributed by atoms with Crippen LogP contribution in [-0.4, -0.2) is 19.7 Å². The fourth-order valence-electron chi connectivity index (χ4n) is 2.44. The summed E-state index contributed by atoms with van der Waals surface area (Å²) in [6, 6.07) is 14.9. The molecule has 0 aliphatic heterocycles. The molecule has 118 valence electrons. The molecule has 0 aliphatic rings. The van der Waals surface area contributed by atoms with Crippen molar-refractivity contribution in [1.82, 2.24) is 19.7 Å². The van der Waals surface area contributed by atoms with Crippen molar-refractivity contribution in [3.05, 3.63) is 66.1 Å². The molecule has 7 heteroatoms. The molecule has 0 saturated carbocycles. The van der Waals surface area contributed by atoms with Gasteiger partial charge in [0.15, 0.2) is 5.65 Å². The Balaban J connectivity index is 1.77. The van der Waals surface area contributed by atoms with Gasteiger partial charge in [0, 0.05) is 16.4 Å². The maximum absolute atomic E-state index is 6.07. The van der Waals surface area contributed by atoms with Gasteiger partial charge in [0.2, 0.25) is 0 Å². The molecule has 0 aliphatic carbocycles. The van der Waals surface area contributed by atoms with Crippen LogP contribution in [0.4, 0.5) is 17.2 Å². The first kappa shape index (κ1) is 14.5. The smallest absolute Gasteiger partial charge is 0.168 e. The topological polar surface area (TPSA) is 81.7 Å². The van der Waals surface area contributed by atoms with Gasteiger partial charge < -0.3 is 11.1 Å². The van der Waals surface area contributed by atoms with E-state index < -0.39 is 0 Å². The Morgan fingerprint density at radius 2 is 1.88 bits per heavy atom. The number of nitrogens with one attached hydrogen (secondary N) is 1. The number of fused-ring (bicyclic) bond motifs is 1. The first-order valence-electron chi connectivity index (χ1n) is 7.28. The van der Waals surface area contributed by atoms with Gasteiger partial charge in [-0.25, -0.2) is 14.6 Å². The van der Waals surface area contributed by atoms with Crippen LogP contribution in [0.3, 0.4) is 0 Å². The number of benzene rings is 2. The van der Waals surface area contributed by atoms with Gasteiger partial charge in [-0.15, -0.1) is 0 Å². The standard InChI is InChI=1S/C17H13ClN6/c18-11-2-1-3-14(8-11)24-17-15(9-22-24)16(20-10-21-17)23-13-6-4-12(19)5-7-13/h1-10H,19H2,(H,20,21,23). The van der Waals surface area contributed by atoms with Crippen LogP contribution in [-0.2, 0) is 0 Å². The third-order valence-electron chi connectivity index (χ3n) is 3.59. The minimum Gasteiger partial charge on any atom is -0.399 e. The van der Waals surface area contributed by atoms with Crippen LogP contribution >= 0.6 is 11.6 Å². The van der Waals surface area contributed by atoms with Gasteiger partial charge in [0.05, 0.1) is 17.3 Å². The van der Waals surface area contributed by atoms with E-state index in [1.807, 2.05) is 48.5 Å². The average Bonchev–Trinajstić information content (AvgIpc) is 3.02. The molecule has 0 fully saturated rings. The number of anilines is 3. The largest absolute Gasteiger partial charge is 0.399 e. The van der Waals surface area contributed by atoms with Crippen LogP contribution in [0.2, 0.25) is 5.02 Å². The highest BCUT2D eigenvalue weighted by Crippen LogP contribution is 2.25. The van der Waals surface area contributed by atoms with Gasteiger partial charge >= 0.3 is 0 Å². The summed E-state index contributed by atoms with van der Waals surface area (Å²) >= 11 is 6.07. The fraction of sp³-hybridized carbons (Fsp3) is 0. The van der Waals surface area contributed by atoms with E-state index in [4.69, 9.17) is 17.3 Å². The zero-order valence-corrected chi connectivity index (χ0v) is 13.3. The predicted molar refractivity (Wildman–Crippen MR) is 95.8 cm³/mol. The number of rotatable bonds is 3. The second-order valence-electron chi connectivity index (χ2n) is 5.24. The van der Waals surface area contributed by atoms with Crippen molar-refractivity contribution in [2.45, 2.75) is 0 Å². The maximum Gasteiger partial charge on any atom is 0.168 e. The third kappa shape index (κ3) is 2.63. The Labute approximate surface area is 142 Å². The van der Waals surface area contributed by atoms with Gasteiger partial charge in [-0.1, -0.05) is 17.7 Å². The molecule has 0 unspecified atom stereocenters. The molecule has 0 amide bonds. The number of aromatic nitrogens is 4. The van der Waals surface area contributed by atoms with Crippen LogP contribution in [0.15, 0.2) is 61.1 Å². The Hall–Kier alpha value is -3.12. The lowest BCUT2D eigenvalue weighted by Gasteiger charge is -2.07. The summed E-state index contributed by atoms with van der Waals surface area (Å²) in [5.74, 6) is 0.679. The highest BCUT2D eigenvalue weighted by Gasteiger charge is 2.11. The van der Waals surface area contributed by atoms with Crippen LogP contribution in [0.25, 0.3) is 16.7 Å². The highest BCUT2D eigenvalue weighted by molar-refractivity contribution is 6.30. The Bertz CT molecular complexity index is 1010. The Kier molecular flexibility index (Phi) is 3.51. The fourth-order valence-corrected chi connectivity index (χ4v) is 2.63. The van der Waals surface area contributed by atoms with Crippen LogP contribution in [0, 0.1) is 0 Å². The van der Waals surface area contributed by atoms with Crippen LogP contribution in [0.1, 0.15) is 0 Å². The normalized spacial score (nSPS) is 10.9. The molecule has 0 radical (unpaired) electrons. The van der Waals surface area contributed by atoms with Crippen LogP contribution in [0.5, 0.6) is 0 Å². The SMILES string of the molecule is Nc1ccc(Nc2ncnc3c2cnn3-c2cccc(Cl)c2)cc1.